The van der Waals surface area contributed by atoms with Crippen molar-refractivity contribution in [3.8, 4) is 0 Å². The van der Waals surface area contributed by atoms with E-state index < -0.39 is 60.6 Å². The van der Waals surface area contributed by atoms with E-state index >= 15 is 0 Å². The summed E-state index contributed by atoms with van der Waals surface area (Å²) in [5.41, 5.74) is 1.59. The Balaban J connectivity index is 1.22. The molecule has 1 aliphatic rings. The smallest absolute Gasteiger partial charge is 0.224 e. The third-order valence-corrected chi connectivity index (χ3v) is 12.9. The molecule has 0 saturated carbocycles. The summed E-state index contributed by atoms with van der Waals surface area (Å²) in [5.74, 6) is -2.31. The lowest BCUT2D eigenvalue weighted by Gasteiger charge is -2.41. The minimum absolute atomic E-state index is 0.0749. The average Bonchev–Trinajstić information content (AvgIpc) is 3.31. The first-order valence-electron chi connectivity index (χ1n) is 25.1. The number of hydrogen-bond donors (Lipinski definition) is 7. The van der Waals surface area contributed by atoms with Gasteiger partial charge in [-0.2, -0.15) is 0 Å². The Morgan fingerprint density at radius 3 is 1.89 bits per heavy atom. The number of fused-ring (bicyclic) bond motifs is 1. The number of halogens is 2. The molecule has 2 amide bonds. The van der Waals surface area contributed by atoms with E-state index in [0.29, 0.717) is 25.7 Å². The monoisotopic (exact) mass is 927 g/mol. The first-order chi connectivity index (χ1) is 32.0. The number of amides is 2. The molecular formula is C53H80F2N2O9. The predicted octanol–water partition coefficient (Wildman–Crippen LogP) is 8.65. The van der Waals surface area contributed by atoms with Crippen LogP contribution in [0.5, 0.6) is 0 Å². The molecule has 0 spiro atoms. The van der Waals surface area contributed by atoms with E-state index in [2.05, 4.69) is 17.6 Å². The summed E-state index contributed by atoms with van der Waals surface area (Å²) in [6.45, 7) is 1.67. The third kappa shape index (κ3) is 20.3. The quantitative estimate of drug-likeness (QED) is 0.0289. The lowest BCUT2D eigenvalue weighted by atomic mass is 9.98. The topological polar surface area (TPSA) is 178 Å². The van der Waals surface area contributed by atoms with Crippen LogP contribution in [0.1, 0.15) is 159 Å². The molecule has 1 fully saturated rings. The van der Waals surface area contributed by atoms with Crippen molar-refractivity contribution < 1.29 is 53.4 Å². The standard InChI is InChI=1S/C53H80F2N2O9/c1-2-3-4-5-6-7-8-9-10-14-17-20-27-45(58)49(61)44(57-47(59)28-21-18-15-12-11-13-16-19-24-38-30-32-42(54)43(55)34-38)37-65-53-52(64)51(63)50(62)46(66-53)36-56-48(60)35-39-29-31-40-25-22-23-26-41(40)33-39/h22-23,25-26,29-34,44-46,49-53,58,61-64H,2-21,24,27-28,35-37H2,1H3,(H,56,60)(H,57,59)/t44-,45+,46?,49-,50-,51-,52?,53-/m0/s1. The molecule has 0 aliphatic carbocycles. The Kier molecular flexibility index (Phi) is 26.3. The molecule has 370 valence electrons. The molecule has 1 saturated heterocycles. The van der Waals surface area contributed by atoms with Gasteiger partial charge in [0.15, 0.2) is 17.9 Å². The van der Waals surface area contributed by atoms with Crippen LogP contribution in [0.15, 0.2) is 60.7 Å². The van der Waals surface area contributed by atoms with E-state index in [9.17, 15) is 43.9 Å². The van der Waals surface area contributed by atoms with Crippen molar-refractivity contribution in [2.45, 2.75) is 210 Å². The van der Waals surface area contributed by atoms with Gasteiger partial charge in [-0.05, 0) is 59.7 Å². The van der Waals surface area contributed by atoms with Gasteiger partial charge in [0.1, 0.15) is 30.5 Å². The maximum atomic E-state index is 13.5. The Hall–Kier alpha value is -3.56. The number of unbranched alkanes of at least 4 members (excludes halogenated alkanes) is 18. The van der Waals surface area contributed by atoms with Crippen LogP contribution in [0.4, 0.5) is 8.78 Å². The molecule has 3 aromatic rings. The maximum Gasteiger partial charge on any atom is 0.224 e. The van der Waals surface area contributed by atoms with E-state index in [0.717, 1.165) is 92.2 Å². The van der Waals surface area contributed by atoms with Gasteiger partial charge < -0.3 is 45.6 Å². The number of aliphatic hydroxyl groups excluding tert-OH is 5. The van der Waals surface area contributed by atoms with Gasteiger partial charge in [0, 0.05) is 13.0 Å². The molecular weight excluding hydrogens is 847 g/mol. The first-order valence-corrected chi connectivity index (χ1v) is 25.1. The van der Waals surface area contributed by atoms with Gasteiger partial charge >= 0.3 is 0 Å². The summed E-state index contributed by atoms with van der Waals surface area (Å²) in [4.78, 5) is 26.1. The number of aryl methyl sites for hydroxylation is 1. The molecule has 66 heavy (non-hydrogen) atoms. The molecule has 0 aromatic heterocycles. The van der Waals surface area contributed by atoms with Crippen molar-refractivity contribution in [1.29, 1.82) is 0 Å². The van der Waals surface area contributed by atoms with Gasteiger partial charge in [0.25, 0.3) is 0 Å². The van der Waals surface area contributed by atoms with E-state index in [-0.39, 0.29) is 37.8 Å². The number of aliphatic hydroxyl groups is 5. The summed E-state index contributed by atoms with van der Waals surface area (Å²) >= 11 is 0. The largest absolute Gasteiger partial charge is 0.390 e. The third-order valence-electron chi connectivity index (χ3n) is 12.9. The maximum absolute atomic E-state index is 13.5. The number of benzene rings is 3. The van der Waals surface area contributed by atoms with Crippen LogP contribution >= 0.6 is 0 Å². The van der Waals surface area contributed by atoms with E-state index in [1.165, 1.54) is 57.4 Å². The Morgan fingerprint density at radius 1 is 0.652 bits per heavy atom. The number of nitrogens with one attached hydrogen (secondary N) is 2. The zero-order chi connectivity index (χ0) is 47.5. The van der Waals surface area contributed by atoms with Gasteiger partial charge in [-0.3, -0.25) is 9.59 Å². The van der Waals surface area contributed by atoms with Crippen LogP contribution in [0.25, 0.3) is 10.8 Å². The van der Waals surface area contributed by atoms with Crippen molar-refractivity contribution >= 4 is 22.6 Å². The number of carbonyl (C=O) groups is 2. The fourth-order valence-electron chi connectivity index (χ4n) is 8.74. The zero-order valence-corrected chi connectivity index (χ0v) is 39.4. The molecule has 7 N–H and O–H groups in total. The van der Waals surface area contributed by atoms with Crippen LogP contribution in [0.2, 0.25) is 0 Å². The molecule has 13 heteroatoms. The SMILES string of the molecule is CCCCCCCCCCCCCC[C@@H](O)[C@@H](O)[C@H](CO[C@H]1OC(CNC(=O)Cc2ccc3ccccc3c2)[C@H](O)[C@H](O)C1O)NC(=O)CCCCCCCCCCc1ccc(F)c(F)c1. The van der Waals surface area contributed by atoms with Crippen molar-refractivity contribution in [2.24, 2.45) is 0 Å². The molecule has 8 atom stereocenters. The van der Waals surface area contributed by atoms with Crippen molar-refractivity contribution in [2.75, 3.05) is 13.2 Å². The summed E-state index contributed by atoms with van der Waals surface area (Å²) in [5, 5.41) is 62.4. The highest BCUT2D eigenvalue weighted by atomic mass is 19.2. The number of hydrogen-bond acceptors (Lipinski definition) is 9. The van der Waals surface area contributed by atoms with Gasteiger partial charge in [-0.25, -0.2) is 8.78 Å². The van der Waals surface area contributed by atoms with Gasteiger partial charge in [0.05, 0.1) is 25.2 Å². The summed E-state index contributed by atoms with van der Waals surface area (Å²) in [7, 11) is 0. The fourth-order valence-corrected chi connectivity index (χ4v) is 8.74. The minimum atomic E-state index is -1.68. The molecule has 1 heterocycles. The van der Waals surface area contributed by atoms with Crippen LogP contribution in [-0.4, -0.2) is 99.5 Å². The molecule has 0 bridgehead atoms. The number of carbonyl (C=O) groups excluding carboxylic acids is 2. The van der Waals surface area contributed by atoms with Crippen LogP contribution in [0.3, 0.4) is 0 Å². The lowest BCUT2D eigenvalue weighted by molar-refractivity contribution is -0.297. The Bertz CT molecular complexity index is 1820. The average molecular weight is 927 g/mol. The van der Waals surface area contributed by atoms with Crippen LogP contribution < -0.4 is 10.6 Å². The second-order valence-electron chi connectivity index (χ2n) is 18.5. The fraction of sp³-hybridized carbons (Fsp3) is 0.660. The van der Waals surface area contributed by atoms with E-state index in [1.54, 1.807) is 6.07 Å². The lowest BCUT2D eigenvalue weighted by Crippen LogP contribution is -2.61. The van der Waals surface area contributed by atoms with E-state index in [4.69, 9.17) is 9.47 Å². The molecule has 3 aromatic carbocycles. The Morgan fingerprint density at radius 2 is 1.24 bits per heavy atom. The number of rotatable bonds is 34. The second kappa shape index (κ2) is 31.5. The highest BCUT2D eigenvalue weighted by Crippen LogP contribution is 2.24. The Labute approximate surface area is 392 Å². The predicted molar refractivity (Wildman–Crippen MR) is 255 cm³/mol. The summed E-state index contributed by atoms with van der Waals surface area (Å²) < 4.78 is 38.4. The first kappa shape index (κ1) is 55.0. The molecule has 4 rings (SSSR count). The normalized spacial score (nSPS) is 20.0. The van der Waals surface area contributed by atoms with Crippen molar-refractivity contribution in [1.82, 2.24) is 10.6 Å². The van der Waals surface area contributed by atoms with Crippen molar-refractivity contribution in [3.05, 3.63) is 83.4 Å². The van der Waals surface area contributed by atoms with Gasteiger partial charge in [-0.15, -0.1) is 0 Å². The molecule has 11 nitrogen and oxygen atoms in total. The van der Waals surface area contributed by atoms with Crippen molar-refractivity contribution in [3.63, 3.8) is 0 Å². The second-order valence-corrected chi connectivity index (χ2v) is 18.5. The molecule has 2 unspecified atom stereocenters. The summed E-state index contributed by atoms with van der Waals surface area (Å²) in [6.07, 6.45) is 12.5. The summed E-state index contributed by atoms with van der Waals surface area (Å²) in [6, 6.07) is 16.5. The number of ether oxygens (including phenoxy) is 2. The highest BCUT2D eigenvalue weighted by Gasteiger charge is 2.45. The zero-order valence-electron chi connectivity index (χ0n) is 39.4. The molecule has 1 aliphatic heterocycles. The molecule has 0 radical (unpaired) electrons. The van der Waals surface area contributed by atoms with Crippen LogP contribution in [-0.2, 0) is 31.9 Å². The highest BCUT2D eigenvalue weighted by molar-refractivity contribution is 5.85. The van der Waals surface area contributed by atoms with Gasteiger partial charge in [0.2, 0.25) is 11.8 Å². The van der Waals surface area contributed by atoms with E-state index in [1.807, 2.05) is 42.5 Å². The minimum Gasteiger partial charge on any atom is -0.390 e. The van der Waals surface area contributed by atoms with Gasteiger partial charge in [-0.1, -0.05) is 171 Å². The van der Waals surface area contributed by atoms with Crippen LogP contribution in [0, 0.1) is 11.6 Å².